The number of Topliss-reactive ketones (excluding diaryl/α,β-unsaturated/α-hetero) is 1. The van der Waals surface area contributed by atoms with E-state index in [9.17, 15) is 19.5 Å². The molecule has 1 saturated carbocycles. The summed E-state index contributed by atoms with van der Waals surface area (Å²) in [7, 11) is 1.81. The summed E-state index contributed by atoms with van der Waals surface area (Å²) < 4.78 is 39.3. The highest BCUT2D eigenvalue weighted by molar-refractivity contribution is 6.34. The standard InChI is InChI=1S/C30H32ClF2N3O5/c1-35-17-22(21-6-2-3-7-26(21)35)28(38)34-25-16-24(32)19(14-23(25)31)15-27(37)30(33,36-12-4-5-13-36)41-20-10-8-18(9-11-20)29(39)40/h2-3,6-7,14,16-18,20H,4-5,8-13,15H2,1H3,(H,34,38)(H,39,40)/t18-,20-,30?. The van der Waals surface area contributed by atoms with E-state index in [1.807, 2.05) is 35.9 Å². The summed E-state index contributed by atoms with van der Waals surface area (Å²) in [6, 6.07) is 9.61. The molecular weight excluding hydrogens is 556 g/mol. The molecule has 8 nitrogen and oxygen atoms in total. The van der Waals surface area contributed by atoms with E-state index in [-0.39, 0.29) is 16.3 Å². The molecule has 1 unspecified atom stereocenters. The molecular formula is C30H32ClF2N3O5. The number of aromatic nitrogens is 1. The topological polar surface area (TPSA) is 101 Å². The molecule has 1 aliphatic heterocycles. The molecule has 2 heterocycles. The molecule has 1 atom stereocenters. The maximum atomic E-state index is 16.4. The van der Waals surface area contributed by atoms with Gasteiger partial charge in [-0.25, -0.2) is 9.29 Å². The zero-order valence-corrected chi connectivity index (χ0v) is 23.4. The van der Waals surface area contributed by atoms with Crippen molar-refractivity contribution >= 4 is 45.9 Å². The first kappa shape index (κ1) is 29.2. The minimum Gasteiger partial charge on any atom is -0.481 e. The third-order valence-electron chi connectivity index (χ3n) is 8.08. The van der Waals surface area contributed by atoms with Crippen LogP contribution in [0.5, 0.6) is 0 Å². The Bertz CT molecular complexity index is 1480. The third-order valence-corrected chi connectivity index (χ3v) is 8.39. The minimum absolute atomic E-state index is 0.00123. The summed E-state index contributed by atoms with van der Waals surface area (Å²) in [6.07, 6.45) is 3.12. The Morgan fingerprint density at radius 3 is 2.49 bits per heavy atom. The van der Waals surface area contributed by atoms with Crippen LogP contribution >= 0.6 is 11.6 Å². The monoisotopic (exact) mass is 587 g/mol. The van der Waals surface area contributed by atoms with Gasteiger partial charge in [-0.15, -0.1) is 0 Å². The molecule has 1 aliphatic carbocycles. The molecule has 1 saturated heterocycles. The van der Waals surface area contributed by atoms with E-state index < -0.39 is 47.9 Å². The molecule has 218 valence electrons. The van der Waals surface area contributed by atoms with Gasteiger partial charge in [0.15, 0.2) is 0 Å². The second-order valence-electron chi connectivity index (χ2n) is 10.8. The number of carboxylic acid groups (broad SMARTS) is 1. The number of aryl methyl sites for hydroxylation is 1. The zero-order chi connectivity index (χ0) is 29.3. The summed E-state index contributed by atoms with van der Waals surface area (Å²) in [4.78, 5) is 39.0. The number of benzene rings is 2. The number of likely N-dealkylation sites (tertiary alicyclic amines) is 1. The average Bonchev–Trinajstić information content (AvgIpc) is 3.61. The number of alkyl halides is 1. The minimum atomic E-state index is -2.77. The van der Waals surface area contributed by atoms with Crippen molar-refractivity contribution in [3.63, 3.8) is 0 Å². The maximum absolute atomic E-state index is 16.4. The number of carbonyl (C=O) groups is 3. The second-order valence-corrected chi connectivity index (χ2v) is 11.2. The van der Waals surface area contributed by atoms with Gasteiger partial charge >= 0.3 is 11.9 Å². The van der Waals surface area contributed by atoms with Crippen LogP contribution in [0.25, 0.3) is 10.9 Å². The number of nitrogens with one attached hydrogen (secondary N) is 1. The van der Waals surface area contributed by atoms with Crippen LogP contribution in [0.1, 0.15) is 54.4 Å². The molecule has 2 aromatic carbocycles. The van der Waals surface area contributed by atoms with E-state index in [1.54, 1.807) is 6.20 Å². The molecule has 2 aliphatic rings. The lowest BCUT2D eigenvalue weighted by atomic mass is 9.87. The number of para-hydroxylation sites is 1. The van der Waals surface area contributed by atoms with Gasteiger partial charge in [0.05, 0.1) is 28.3 Å². The number of ether oxygens (including phenoxy) is 1. The Morgan fingerprint density at radius 1 is 1.12 bits per heavy atom. The molecule has 41 heavy (non-hydrogen) atoms. The summed E-state index contributed by atoms with van der Waals surface area (Å²) in [6.45, 7) is 0.629. The Morgan fingerprint density at radius 2 is 1.80 bits per heavy atom. The smallest absolute Gasteiger partial charge is 0.330 e. The number of ketones is 1. The SMILES string of the molecule is Cn1cc(C(=O)Nc2cc(F)c(CC(=O)C(F)(O[C@H]3CC[C@H](C(=O)O)CC3)N3CCCC3)cc2Cl)c2ccccc21. The van der Waals surface area contributed by atoms with Crippen LogP contribution in [-0.4, -0.2) is 57.4 Å². The van der Waals surface area contributed by atoms with E-state index in [2.05, 4.69) is 5.32 Å². The zero-order valence-electron chi connectivity index (χ0n) is 22.7. The first-order valence-corrected chi connectivity index (χ1v) is 14.2. The Kier molecular flexibility index (Phi) is 8.45. The van der Waals surface area contributed by atoms with Crippen molar-refractivity contribution in [1.82, 2.24) is 9.47 Å². The predicted molar refractivity (Wildman–Crippen MR) is 150 cm³/mol. The summed E-state index contributed by atoms with van der Waals surface area (Å²) in [5, 5.41) is 12.6. The fourth-order valence-electron chi connectivity index (χ4n) is 5.78. The first-order valence-electron chi connectivity index (χ1n) is 13.8. The van der Waals surface area contributed by atoms with Crippen LogP contribution in [-0.2, 0) is 27.8 Å². The molecule has 2 fully saturated rings. The van der Waals surface area contributed by atoms with Crippen LogP contribution in [0.2, 0.25) is 5.02 Å². The number of fused-ring (bicyclic) bond motifs is 1. The van der Waals surface area contributed by atoms with Gasteiger partial charge in [-0.3, -0.25) is 14.4 Å². The second kappa shape index (κ2) is 11.9. The molecule has 0 bridgehead atoms. The maximum Gasteiger partial charge on any atom is 0.330 e. The summed E-state index contributed by atoms with van der Waals surface area (Å²) in [5.41, 5.74) is 1.15. The van der Waals surface area contributed by atoms with Crippen LogP contribution in [0, 0.1) is 11.7 Å². The quantitative estimate of drug-likeness (QED) is 0.311. The van der Waals surface area contributed by atoms with Crippen LogP contribution in [0.4, 0.5) is 14.5 Å². The molecule has 3 aromatic rings. The van der Waals surface area contributed by atoms with Crippen LogP contribution < -0.4 is 5.32 Å². The number of nitrogens with zero attached hydrogens (tertiary/aromatic N) is 2. The number of carboxylic acids is 1. The van der Waals surface area contributed by atoms with E-state index >= 15 is 8.78 Å². The van der Waals surface area contributed by atoms with Gasteiger partial charge in [-0.05, 0) is 62.3 Å². The Balaban J connectivity index is 1.32. The Hall–Kier alpha value is -3.34. The van der Waals surface area contributed by atoms with E-state index in [4.69, 9.17) is 16.3 Å². The molecule has 0 radical (unpaired) electrons. The van der Waals surface area contributed by atoms with Crippen molar-refractivity contribution in [3.8, 4) is 0 Å². The lowest BCUT2D eigenvalue weighted by Crippen LogP contribution is -2.54. The number of hydrogen-bond acceptors (Lipinski definition) is 5. The third kappa shape index (κ3) is 6.00. The van der Waals surface area contributed by atoms with Crippen molar-refractivity contribution in [2.75, 3.05) is 18.4 Å². The van der Waals surface area contributed by atoms with Crippen molar-refractivity contribution in [1.29, 1.82) is 0 Å². The lowest BCUT2D eigenvalue weighted by Gasteiger charge is -2.37. The first-order chi connectivity index (χ1) is 19.6. The molecule has 1 amide bonds. The number of aliphatic carboxylic acids is 1. The van der Waals surface area contributed by atoms with Crippen molar-refractivity contribution < 1.29 is 33.0 Å². The van der Waals surface area contributed by atoms with Gasteiger partial charge in [0.2, 0.25) is 5.78 Å². The van der Waals surface area contributed by atoms with E-state index in [1.165, 1.54) is 11.0 Å². The molecule has 2 N–H and O–H groups in total. The van der Waals surface area contributed by atoms with Gasteiger partial charge in [0.25, 0.3) is 5.91 Å². The highest BCUT2D eigenvalue weighted by Crippen LogP contribution is 2.35. The predicted octanol–water partition coefficient (Wildman–Crippen LogP) is 5.71. The average molecular weight is 588 g/mol. The molecule has 0 spiro atoms. The van der Waals surface area contributed by atoms with E-state index in [0.29, 0.717) is 57.2 Å². The highest BCUT2D eigenvalue weighted by Gasteiger charge is 2.49. The summed E-state index contributed by atoms with van der Waals surface area (Å²) in [5.74, 6) is -6.42. The fourth-order valence-corrected chi connectivity index (χ4v) is 6.02. The number of hydrogen-bond donors (Lipinski definition) is 2. The van der Waals surface area contributed by atoms with E-state index in [0.717, 1.165) is 17.0 Å². The number of anilines is 1. The van der Waals surface area contributed by atoms with Crippen molar-refractivity contribution in [3.05, 3.63) is 64.6 Å². The van der Waals surface area contributed by atoms with Gasteiger partial charge < -0.3 is 19.7 Å². The summed E-state index contributed by atoms with van der Waals surface area (Å²) >= 11 is 6.39. The molecule has 1 aromatic heterocycles. The number of amides is 1. The number of halogens is 3. The van der Waals surface area contributed by atoms with Crippen LogP contribution in [0.3, 0.4) is 0 Å². The lowest BCUT2D eigenvalue weighted by molar-refractivity contribution is -0.252. The van der Waals surface area contributed by atoms with Crippen molar-refractivity contribution in [2.24, 2.45) is 13.0 Å². The molecule has 11 heteroatoms. The highest BCUT2D eigenvalue weighted by atomic mass is 35.5. The van der Waals surface area contributed by atoms with Crippen molar-refractivity contribution in [2.45, 2.75) is 57.0 Å². The fraction of sp³-hybridized carbons (Fsp3) is 0.433. The van der Waals surface area contributed by atoms with Crippen LogP contribution in [0.15, 0.2) is 42.6 Å². The largest absolute Gasteiger partial charge is 0.481 e. The van der Waals surface area contributed by atoms with Gasteiger partial charge in [-0.2, -0.15) is 4.39 Å². The number of rotatable bonds is 9. The normalized spacial score (nSPS) is 21.1. The van der Waals surface area contributed by atoms with Gasteiger partial charge in [0, 0.05) is 43.7 Å². The van der Waals surface area contributed by atoms with Gasteiger partial charge in [0.1, 0.15) is 5.82 Å². The Labute approximate surface area is 241 Å². The van der Waals surface area contributed by atoms with Gasteiger partial charge in [-0.1, -0.05) is 29.8 Å². The number of carbonyl (C=O) groups excluding carboxylic acids is 2. The molecule has 5 rings (SSSR count).